The van der Waals surface area contributed by atoms with Gasteiger partial charge in [-0.05, 0) is 22.6 Å². The maximum atomic E-state index is 12.5. The quantitative estimate of drug-likeness (QED) is 0.818. The maximum Gasteiger partial charge on any atom is 0.337 e. The molecule has 0 saturated heterocycles. The van der Waals surface area contributed by atoms with Gasteiger partial charge in [-0.1, -0.05) is 0 Å². The van der Waals surface area contributed by atoms with Gasteiger partial charge in [0, 0.05) is 6.20 Å². The molecule has 4 nitrogen and oxygen atoms in total. The summed E-state index contributed by atoms with van der Waals surface area (Å²) in [6.45, 7) is 0. The Labute approximate surface area is 91.3 Å². The zero-order valence-corrected chi connectivity index (χ0v) is 8.83. The predicted octanol–water partition coefficient (Wildman–Crippen LogP) is 1.90. The van der Waals surface area contributed by atoms with E-state index in [1.54, 1.807) is 22.6 Å². The fraction of sp³-hybridized carbons (Fsp3) is 0.143. The Hall–Kier alpha value is -0.990. The number of nitrogens with zero attached hydrogens (tertiary/aromatic N) is 1. The lowest BCUT2D eigenvalue weighted by atomic mass is 10.1. The van der Waals surface area contributed by atoms with Gasteiger partial charge in [0.15, 0.2) is 0 Å². The molecule has 0 atom stereocenters. The Morgan fingerprint density at radius 3 is 2.64 bits per heavy atom. The maximum absolute atomic E-state index is 12.5. The van der Waals surface area contributed by atoms with Crippen molar-refractivity contribution in [3.63, 3.8) is 0 Å². The molecular weight excluding hydrogens is 309 g/mol. The number of aromatic carboxylic acids is 1. The second-order valence-corrected chi connectivity index (χ2v) is 3.47. The van der Waals surface area contributed by atoms with Crippen LogP contribution in [0.4, 0.5) is 14.6 Å². The third-order valence-corrected chi connectivity index (χ3v) is 2.67. The highest BCUT2D eigenvalue weighted by molar-refractivity contribution is 14.1. The largest absolute Gasteiger partial charge is 0.478 e. The van der Waals surface area contributed by atoms with Crippen LogP contribution in [0.2, 0.25) is 0 Å². The molecule has 0 aromatic carbocycles. The molecule has 0 amide bonds. The Kier molecular flexibility index (Phi) is 3.19. The van der Waals surface area contributed by atoms with E-state index in [2.05, 4.69) is 4.98 Å². The number of nitrogen functional groups attached to an aromatic ring is 1. The number of alkyl halides is 2. The molecule has 0 bridgehead atoms. The summed E-state index contributed by atoms with van der Waals surface area (Å²) in [5, 5.41) is 8.61. The van der Waals surface area contributed by atoms with Gasteiger partial charge in [-0.2, -0.15) is 0 Å². The fourth-order valence-electron chi connectivity index (χ4n) is 0.900. The van der Waals surface area contributed by atoms with E-state index in [-0.39, 0.29) is 9.39 Å². The van der Waals surface area contributed by atoms with Crippen molar-refractivity contribution in [1.82, 2.24) is 4.98 Å². The smallest absolute Gasteiger partial charge is 0.337 e. The van der Waals surface area contributed by atoms with Crippen LogP contribution in [0.1, 0.15) is 22.3 Å². The molecule has 0 radical (unpaired) electrons. The van der Waals surface area contributed by atoms with Crippen molar-refractivity contribution in [3.8, 4) is 0 Å². The summed E-state index contributed by atoms with van der Waals surface area (Å²) < 4.78 is 24.9. The molecule has 7 heteroatoms. The molecule has 1 aromatic heterocycles. The first-order chi connectivity index (χ1) is 6.45. The minimum absolute atomic E-state index is 0.0162. The molecule has 1 rings (SSSR count). The van der Waals surface area contributed by atoms with E-state index in [1.165, 1.54) is 0 Å². The predicted molar refractivity (Wildman–Crippen MR) is 53.3 cm³/mol. The fourth-order valence-corrected chi connectivity index (χ4v) is 1.57. The van der Waals surface area contributed by atoms with Crippen LogP contribution in [-0.4, -0.2) is 16.1 Å². The van der Waals surface area contributed by atoms with Gasteiger partial charge in [0.25, 0.3) is 6.43 Å². The monoisotopic (exact) mass is 314 g/mol. The number of halogens is 3. The number of carboxylic acids is 1. The number of nitrogens with two attached hydrogens (primary N) is 1. The average molecular weight is 314 g/mol. The van der Waals surface area contributed by atoms with Crippen LogP contribution in [0, 0.1) is 3.57 Å². The second kappa shape index (κ2) is 4.03. The molecule has 0 fully saturated rings. The Balaban J connectivity index is 3.45. The third kappa shape index (κ3) is 1.91. The number of rotatable bonds is 2. The van der Waals surface area contributed by atoms with Crippen LogP contribution in [0.5, 0.6) is 0 Å². The lowest BCUT2D eigenvalue weighted by Crippen LogP contribution is -2.09. The molecular formula is C7H5F2IN2O2. The lowest BCUT2D eigenvalue weighted by Gasteiger charge is -2.08. The van der Waals surface area contributed by atoms with Gasteiger partial charge in [0.1, 0.15) is 5.82 Å². The highest BCUT2D eigenvalue weighted by Gasteiger charge is 2.23. The summed E-state index contributed by atoms with van der Waals surface area (Å²) in [7, 11) is 0. The van der Waals surface area contributed by atoms with Crippen molar-refractivity contribution in [1.29, 1.82) is 0 Å². The van der Waals surface area contributed by atoms with E-state index in [0.717, 1.165) is 6.20 Å². The number of carbonyl (C=O) groups is 1. The van der Waals surface area contributed by atoms with E-state index in [4.69, 9.17) is 10.8 Å². The van der Waals surface area contributed by atoms with Gasteiger partial charge in [-0.25, -0.2) is 18.6 Å². The van der Waals surface area contributed by atoms with Crippen LogP contribution in [0.15, 0.2) is 6.20 Å². The first-order valence-electron chi connectivity index (χ1n) is 3.40. The molecule has 76 valence electrons. The highest BCUT2D eigenvalue weighted by Crippen LogP contribution is 2.30. The number of hydrogen-bond donors (Lipinski definition) is 2. The van der Waals surface area contributed by atoms with Crippen molar-refractivity contribution >= 4 is 34.4 Å². The molecule has 0 aliphatic rings. The lowest BCUT2D eigenvalue weighted by molar-refractivity contribution is 0.0683. The topological polar surface area (TPSA) is 76.2 Å². The zero-order chi connectivity index (χ0) is 10.9. The van der Waals surface area contributed by atoms with E-state index in [9.17, 15) is 13.6 Å². The van der Waals surface area contributed by atoms with Crippen LogP contribution >= 0.6 is 22.6 Å². The van der Waals surface area contributed by atoms with Gasteiger partial charge < -0.3 is 10.8 Å². The van der Waals surface area contributed by atoms with Crippen LogP contribution in [0.25, 0.3) is 0 Å². The SMILES string of the molecule is Nc1ncc(C(=O)O)c(C(F)F)c1I. The minimum Gasteiger partial charge on any atom is -0.478 e. The Morgan fingerprint density at radius 2 is 2.21 bits per heavy atom. The number of aromatic nitrogens is 1. The van der Waals surface area contributed by atoms with E-state index < -0.39 is 23.5 Å². The number of carboxylic acid groups (broad SMARTS) is 1. The molecule has 0 aliphatic heterocycles. The van der Waals surface area contributed by atoms with Gasteiger partial charge in [0.2, 0.25) is 0 Å². The summed E-state index contributed by atoms with van der Waals surface area (Å²) >= 11 is 1.55. The Morgan fingerprint density at radius 1 is 1.64 bits per heavy atom. The summed E-state index contributed by atoms with van der Waals surface area (Å²) in [4.78, 5) is 14.1. The third-order valence-electron chi connectivity index (χ3n) is 1.53. The molecule has 3 N–H and O–H groups in total. The molecule has 0 spiro atoms. The van der Waals surface area contributed by atoms with Gasteiger partial charge in [0.05, 0.1) is 14.7 Å². The van der Waals surface area contributed by atoms with Gasteiger partial charge >= 0.3 is 5.97 Å². The van der Waals surface area contributed by atoms with Crippen molar-refractivity contribution in [2.45, 2.75) is 6.43 Å². The van der Waals surface area contributed by atoms with Gasteiger partial charge in [-0.15, -0.1) is 0 Å². The molecule has 0 saturated carbocycles. The zero-order valence-electron chi connectivity index (χ0n) is 6.67. The molecule has 0 unspecified atom stereocenters. The Bertz CT molecular complexity index is 384. The minimum atomic E-state index is -2.88. The van der Waals surface area contributed by atoms with Gasteiger partial charge in [-0.3, -0.25) is 0 Å². The van der Waals surface area contributed by atoms with E-state index >= 15 is 0 Å². The highest BCUT2D eigenvalue weighted by atomic mass is 127. The summed E-state index contributed by atoms with van der Waals surface area (Å²) in [5.41, 5.74) is 4.19. The first-order valence-corrected chi connectivity index (χ1v) is 4.48. The standard InChI is InChI=1S/C7H5F2IN2O2/c8-5(9)3-2(7(13)14)1-12-6(11)4(3)10/h1,5H,(H2,11,12)(H,13,14). The van der Waals surface area contributed by atoms with Crippen LogP contribution in [0.3, 0.4) is 0 Å². The summed E-state index contributed by atoms with van der Waals surface area (Å²) in [6, 6.07) is 0. The average Bonchev–Trinajstić information content (AvgIpc) is 2.08. The van der Waals surface area contributed by atoms with Crippen molar-refractivity contribution in [2.75, 3.05) is 5.73 Å². The van der Waals surface area contributed by atoms with Crippen LogP contribution in [-0.2, 0) is 0 Å². The second-order valence-electron chi connectivity index (χ2n) is 2.39. The van der Waals surface area contributed by atoms with Crippen LogP contribution < -0.4 is 5.73 Å². The number of hydrogen-bond acceptors (Lipinski definition) is 3. The van der Waals surface area contributed by atoms with E-state index in [1.807, 2.05) is 0 Å². The van der Waals surface area contributed by atoms with Crippen molar-refractivity contribution in [2.24, 2.45) is 0 Å². The van der Waals surface area contributed by atoms with Crippen molar-refractivity contribution in [3.05, 3.63) is 20.9 Å². The van der Waals surface area contributed by atoms with E-state index in [0.29, 0.717) is 0 Å². The first kappa shape index (κ1) is 11.1. The number of anilines is 1. The molecule has 14 heavy (non-hydrogen) atoms. The summed E-state index contributed by atoms with van der Waals surface area (Å²) in [6.07, 6.45) is -2.04. The normalized spacial score (nSPS) is 10.6. The number of pyridine rings is 1. The molecule has 0 aliphatic carbocycles. The summed E-state index contributed by atoms with van der Waals surface area (Å²) in [5.74, 6) is -1.53. The van der Waals surface area contributed by atoms with Crippen molar-refractivity contribution < 1.29 is 18.7 Å². The molecule has 1 heterocycles. The molecule has 1 aromatic rings.